The summed E-state index contributed by atoms with van der Waals surface area (Å²) >= 11 is 6.04. The van der Waals surface area contributed by atoms with Crippen LogP contribution >= 0.6 is 11.6 Å². The molecule has 8 nitrogen and oxygen atoms in total. The molecule has 3 N–H and O–H groups in total. The van der Waals surface area contributed by atoms with Crippen molar-refractivity contribution in [1.82, 2.24) is 14.8 Å². The van der Waals surface area contributed by atoms with Crippen LogP contribution in [0.15, 0.2) is 48.5 Å². The first-order valence-electron chi connectivity index (χ1n) is 10.3. The molecule has 182 valence electrons. The number of alkyl halides is 3. The summed E-state index contributed by atoms with van der Waals surface area (Å²) in [6.07, 6.45) is -4.87. The van der Waals surface area contributed by atoms with Gasteiger partial charge in [0.15, 0.2) is 5.69 Å². The maximum absolute atomic E-state index is 13.9. The molecule has 2 aromatic carbocycles. The molecule has 4 rings (SSSR count). The fourth-order valence-corrected chi connectivity index (χ4v) is 3.77. The molecule has 0 saturated heterocycles. The molecular weight excluding hydrogens is 497 g/mol. The number of carbonyl (C=O) groups is 2. The minimum atomic E-state index is -4.87. The van der Waals surface area contributed by atoms with Crippen LogP contribution in [0.2, 0.25) is 5.02 Å². The van der Waals surface area contributed by atoms with Crippen molar-refractivity contribution < 1.29 is 22.8 Å². The second kappa shape index (κ2) is 9.31. The molecule has 0 atom stereocenters. The quantitative estimate of drug-likeness (QED) is 0.401. The van der Waals surface area contributed by atoms with Gasteiger partial charge in [-0.3, -0.25) is 14.3 Å². The molecule has 12 heteroatoms. The van der Waals surface area contributed by atoms with Gasteiger partial charge in [0.1, 0.15) is 5.69 Å². The molecule has 2 amide bonds. The number of aromatic nitrogens is 3. The number of hydrogen-bond donors (Lipinski definition) is 2. The maximum Gasteiger partial charge on any atom is 0.437 e. The van der Waals surface area contributed by atoms with Gasteiger partial charge in [-0.15, -0.1) is 0 Å². The minimum Gasteiger partial charge on any atom is -0.364 e. The van der Waals surface area contributed by atoms with Gasteiger partial charge in [0.05, 0.1) is 40.6 Å². The molecule has 0 spiro atoms. The molecular formula is C24H16ClF3N6O2. The van der Waals surface area contributed by atoms with Crippen molar-refractivity contribution in [2.24, 2.45) is 5.73 Å². The highest BCUT2D eigenvalue weighted by molar-refractivity contribution is 6.31. The highest BCUT2D eigenvalue weighted by Gasteiger charge is 2.39. The van der Waals surface area contributed by atoms with Crippen LogP contribution in [0.1, 0.15) is 43.4 Å². The molecule has 0 bridgehead atoms. The number of anilines is 1. The number of hydrogen-bond acceptors (Lipinski definition) is 5. The maximum atomic E-state index is 13.9. The summed E-state index contributed by atoms with van der Waals surface area (Å²) in [5, 5.41) is 15.4. The van der Waals surface area contributed by atoms with E-state index in [-0.39, 0.29) is 39.4 Å². The summed E-state index contributed by atoms with van der Waals surface area (Å²) in [6, 6.07) is 13.7. The second-order valence-electron chi connectivity index (χ2n) is 7.81. The molecule has 4 aromatic rings. The second-order valence-corrected chi connectivity index (χ2v) is 8.24. The number of rotatable bonds is 5. The number of pyridine rings is 1. The Kier molecular flexibility index (Phi) is 6.39. The van der Waals surface area contributed by atoms with Gasteiger partial charge in [-0.05, 0) is 48.9 Å². The lowest BCUT2D eigenvalue weighted by Crippen LogP contribution is -2.19. The lowest BCUT2D eigenvalue weighted by Gasteiger charge is -2.12. The third-order valence-electron chi connectivity index (χ3n) is 5.40. The summed E-state index contributed by atoms with van der Waals surface area (Å²) in [4.78, 5) is 29.0. The van der Waals surface area contributed by atoms with Gasteiger partial charge < -0.3 is 11.1 Å². The number of amides is 2. The van der Waals surface area contributed by atoms with Gasteiger partial charge in [-0.2, -0.15) is 23.5 Å². The SMILES string of the molecule is Cc1c(NC(=O)c2cc(C(N)=O)nc3ccc(Cl)cc23)c(C(F)(F)F)nn1Cc1ccc(C#N)cc1. The number of benzene rings is 2. The Morgan fingerprint density at radius 3 is 2.47 bits per heavy atom. The Morgan fingerprint density at radius 2 is 1.86 bits per heavy atom. The van der Waals surface area contributed by atoms with Gasteiger partial charge in [0.25, 0.3) is 11.8 Å². The molecule has 2 aromatic heterocycles. The molecule has 0 radical (unpaired) electrons. The predicted octanol–water partition coefficient (Wildman–Crippen LogP) is 4.68. The Balaban J connectivity index is 1.77. The number of nitrogens with two attached hydrogens (primary N) is 1. The van der Waals surface area contributed by atoms with Crippen LogP contribution in [0.5, 0.6) is 0 Å². The number of halogens is 4. The van der Waals surface area contributed by atoms with Gasteiger partial charge >= 0.3 is 6.18 Å². The fraction of sp³-hybridized carbons (Fsp3) is 0.125. The lowest BCUT2D eigenvalue weighted by atomic mass is 10.1. The number of primary amides is 1. The number of carbonyl (C=O) groups excluding carboxylic acids is 2. The fourth-order valence-electron chi connectivity index (χ4n) is 3.60. The van der Waals surface area contributed by atoms with Crippen LogP contribution in [-0.2, 0) is 12.7 Å². The van der Waals surface area contributed by atoms with Gasteiger partial charge in [0, 0.05) is 10.4 Å². The highest BCUT2D eigenvalue weighted by Crippen LogP contribution is 2.36. The van der Waals surface area contributed by atoms with Gasteiger partial charge in [-0.25, -0.2) is 4.98 Å². The molecule has 36 heavy (non-hydrogen) atoms. The first-order valence-corrected chi connectivity index (χ1v) is 10.7. The Bertz CT molecular complexity index is 1560. The van der Waals surface area contributed by atoms with Crippen LogP contribution in [0.25, 0.3) is 10.9 Å². The summed E-state index contributed by atoms with van der Waals surface area (Å²) < 4.78 is 42.7. The van der Waals surface area contributed by atoms with E-state index < -0.39 is 29.4 Å². The van der Waals surface area contributed by atoms with Crippen LogP contribution < -0.4 is 11.1 Å². The molecule has 0 fully saturated rings. The van der Waals surface area contributed by atoms with Crippen LogP contribution in [0.3, 0.4) is 0 Å². The van der Waals surface area contributed by atoms with Crippen molar-refractivity contribution in [1.29, 1.82) is 5.26 Å². The number of nitrogens with zero attached hydrogens (tertiary/aromatic N) is 4. The van der Waals surface area contributed by atoms with E-state index in [1.54, 1.807) is 12.1 Å². The van der Waals surface area contributed by atoms with Crippen LogP contribution in [0, 0.1) is 18.3 Å². The zero-order valence-corrected chi connectivity index (χ0v) is 19.3. The van der Waals surface area contributed by atoms with E-state index in [2.05, 4.69) is 15.4 Å². The van der Waals surface area contributed by atoms with E-state index in [0.717, 1.165) is 10.7 Å². The molecule has 0 unspecified atom stereocenters. The smallest absolute Gasteiger partial charge is 0.364 e. The average Bonchev–Trinajstić information content (AvgIpc) is 3.14. The molecule has 0 aliphatic heterocycles. The Morgan fingerprint density at radius 1 is 1.17 bits per heavy atom. The van der Waals surface area contributed by atoms with Crippen LogP contribution in [-0.4, -0.2) is 26.6 Å². The summed E-state index contributed by atoms with van der Waals surface area (Å²) in [7, 11) is 0. The van der Waals surface area contributed by atoms with Crippen molar-refractivity contribution in [2.45, 2.75) is 19.6 Å². The summed E-state index contributed by atoms with van der Waals surface area (Å²) in [5.74, 6) is -1.85. The zero-order chi connectivity index (χ0) is 26.2. The minimum absolute atomic E-state index is 0.0316. The first-order chi connectivity index (χ1) is 17.0. The summed E-state index contributed by atoms with van der Waals surface area (Å²) in [5.41, 5.74) is 4.39. The highest BCUT2D eigenvalue weighted by atomic mass is 35.5. The average molecular weight is 513 g/mol. The van der Waals surface area contributed by atoms with Crippen molar-refractivity contribution in [3.8, 4) is 6.07 Å². The van der Waals surface area contributed by atoms with Gasteiger partial charge in [-0.1, -0.05) is 23.7 Å². The number of nitrogens with one attached hydrogen (secondary N) is 1. The molecule has 0 aliphatic rings. The Hall–Kier alpha value is -4.43. The zero-order valence-electron chi connectivity index (χ0n) is 18.5. The Labute approximate surface area is 207 Å². The van der Waals surface area contributed by atoms with E-state index in [1.807, 2.05) is 6.07 Å². The third-order valence-corrected chi connectivity index (χ3v) is 5.63. The van der Waals surface area contributed by atoms with E-state index in [4.69, 9.17) is 22.6 Å². The molecule has 2 heterocycles. The number of fused-ring (bicyclic) bond motifs is 1. The largest absolute Gasteiger partial charge is 0.437 e. The van der Waals surface area contributed by atoms with Crippen molar-refractivity contribution in [2.75, 3.05) is 5.32 Å². The van der Waals surface area contributed by atoms with E-state index in [0.29, 0.717) is 11.1 Å². The lowest BCUT2D eigenvalue weighted by molar-refractivity contribution is -0.140. The van der Waals surface area contributed by atoms with E-state index >= 15 is 0 Å². The molecule has 0 saturated carbocycles. The normalized spacial score (nSPS) is 11.3. The molecule has 0 aliphatic carbocycles. The van der Waals surface area contributed by atoms with E-state index in [9.17, 15) is 22.8 Å². The summed E-state index contributed by atoms with van der Waals surface area (Å²) in [6.45, 7) is 1.36. The standard InChI is InChI=1S/C24H16ClF3N6O2/c1-12-20(21(24(26,27)28)33-34(12)11-14-4-2-13(10-29)3-5-14)32-23(36)17-9-19(22(30)35)31-18-7-6-15(25)8-16(17)18/h2-9H,11H2,1H3,(H2,30,35)(H,32,36). The monoisotopic (exact) mass is 512 g/mol. The first kappa shape index (κ1) is 24.7. The van der Waals surface area contributed by atoms with Crippen molar-refractivity contribution >= 4 is 40.0 Å². The van der Waals surface area contributed by atoms with E-state index in [1.165, 1.54) is 37.3 Å². The van der Waals surface area contributed by atoms with Gasteiger partial charge in [0.2, 0.25) is 0 Å². The topological polar surface area (TPSA) is 127 Å². The number of nitriles is 1. The predicted molar refractivity (Wildman–Crippen MR) is 125 cm³/mol. The third kappa shape index (κ3) is 4.85. The van der Waals surface area contributed by atoms with Crippen molar-refractivity contribution in [3.05, 3.63) is 87.3 Å². The van der Waals surface area contributed by atoms with Crippen molar-refractivity contribution in [3.63, 3.8) is 0 Å². The van der Waals surface area contributed by atoms with Crippen LogP contribution in [0.4, 0.5) is 18.9 Å².